The Hall–Kier alpha value is -4.64. The molecule has 4 aromatic rings. The Morgan fingerprint density at radius 3 is 1.46 bits per heavy atom. The van der Waals surface area contributed by atoms with Crippen LogP contribution in [0.4, 0.5) is 11.4 Å². The lowest BCUT2D eigenvalue weighted by Gasteiger charge is -2.07. The molecule has 0 saturated heterocycles. The molecule has 0 saturated carbocycles. The number of carbonyl (C=O) groups is 2. The third kappa shape index (κ3) is 9.86. The molecule has 0 bridgehead atoms. The number of hydrogen-bond acceptors (Lipinski definition) is 5. The van der Waals surface area contributed by atoms with Crippen LogP contribution in [0.5, 0.6) is 11.5 Å². The zero-order valence-electron chi connectivity index (χ0n) is 21.5. The van der Waals surface area contributed by atoms with E-state index in [0.29, 0.717) is 11.5 Å². The maximum Gasteiger partial charge on any atom is 0.308 e. The van der Waals surface area contributed by atoms with E-state index >= 15 is 0 Å². The number of ether oxygens (including phenoxy) is 2. The maximum atomic E-state index is 11.1. The Bertz CT molecular complexity index is 1260. The van der Waals surface area contributed by atoms with E-state index in [1.807, 2.05) is 42.5 Å². The molecule has 1 N–H and O–H groups in total. The van der Waals surface area contributed by atoms with Gasteiger partial charge in [0.2, 0.25) is 0 Å². The number of nitrogens with one attached hydrogen (secondary N) is 1. The Balaban J connectivity index is 0.000000220. The molecule has 4 aromatic carbocycles. The fourth-order valence-corrected chi connectivity index (χ4v) is 3.34. The molecule has 0 aromatic heterocycles. The van der Waals surface area contributed by atoms with Crippen molar-refractivity contribution in [2.24, 2.45) is 0 Å². The van der Waals surface area contributed by atoms with E-state index in [0.717, 1.165) is 22.5 Å². The molecule has 0 unspecified atom stereocenters. The van der Waals surface area contributed by atoms with E-state index in [1.165, 1.54) is 31.0 Å². The molecule has 0 aliphatic carbocycles. The van der Waals surface area contributed by atoms with E-state index < -0.39 is 11.9 Å². The zero-order valence-corrected chi connectivity index (χ0v) is 21.5. The first-order chi connectivity index (χ1) is 17.8. The first-order valence-electron chi connectivity index (χ1n) is 11.9. The van der Waals surface area contributed by atoms with Gasteiger partial charge in [-0.3, -0.25) is 9.59 Å². The van der Waals surface area contributed by atoms with Crippen molar-refractivity contribution < 1.29 is 19.1 Å². The fraction of sp³-hybridized carbons (Fsp3) is 0.125. The van der Waals surface area contributed by atoms with Crippen molar-refractivity contribution in [1.82, 2.24) is 0 Å². The predicted molar refractivity (Wildman–Crippen MR) is 150 cm³/mol. The molecule has 188 valence electrons. The molecule has 5 nitrogen and oxygen atoms in total. The summed E-state index contributed by atoms with van der Waals surface area (Å²) in [6.45, 7) is 6.82. The number of hydrogen-bond donors (Lipinski definition) is 1. The van der Waals surface area contributed by atoms with Gasteiger partial charge in [0.1, 0.15) is 11.5 Å². The quantitative estimate of drug-likeness (QED) is 0.169. The van der Waals surface area contributed by atoms with Crippen LogP contribution in [-0.4, -0.2) is 11.9 Å². The summed E-state index contributed by atoms with van der Waals surface area (Å²) >= 11 is 0. The highest BCUT2D eigenvalue weighted by molar-refractivity contribution is 5.75. The van der Waals surface area contributed by atoms with Gasteiger partial charge in [-0.05, 0) is 61.4 Å². The Morgan fingerprint density at radius 1 is 0.595 bits per heavy atom. The third-order valence-corrected chi connectivity index (χ3v) is 5.09. The number of carbonyl (C=O) groups excluding carboxylic acids is 2. The lowest BCUT2D eigenvalue weighted by atomic mass is 10.1. The van der Waals surface area contributed by atoms with Crippen LogP contribution in [0.1, 0.15) is 36.1 Å². The molecule has 0 amide bonds. The molecule has 4 rings (SSSR count). The normalized spacial score (nSPS) is 10.3. The molecule has 5 heteroatoms. The van der Waals surface area contributed by atoms with Gasteiger partial charge in [0.25, 0.3) is 0 Å². The summed E-state index contributed by atoms with van der Waals surface area (Å²) in [7, 11) is 0. The second-order valence-electron chi connectivity index (χ2n) is 8.53. The minimum absolute atomic E-state index is 0.332. The van der Waals surface area contributed by atoms with Crippen LogP contribution < -0.4 is 14.8 Å². The van der Waals surface area contributed by atoms with Crippen LogP contribution in [0.3, 0.4) is 0 Å². The highest BCUT2D eigenvalue weighted by atomic mass is 16.5. The first-order valence-corrected chi connectivity index (χ1v) is 11.9. The molecule has 0 aliphatic heterocycles. The van der Waals surface area contributed by atoms with Crippen LogP contribution in [0.15, 0.2) is 97.1 Å². The van der Waals surface area contributed by atoms with Crippen LogP contribution >= 0.6 is 0 Å². The van der Waals surface area contributed by atoms with Crippen LogP contribution in [0.2, 0.25) is 0 Å². The van der Waals surface area contributed by atoms with E-state index in [2.05, 4.69) is 67.7 Å². The Kier molecular flexibility index (Phi) is 9.80. The van der Waals surface area contributed by atoms with Crippen LogP contribution in [-0.2, 0) is 9.59 Å². The molecule has 0 atom stereocenters. The van der Waals surface area contributed by atoms with Crippen molar-refractivity contribution in [2.45, 2.75) is 27.7 Å². The molecule has 37 heavy (non-hydrogen) atoms. The minimum Gasteiger partial charge on any atom is -0.427 e. The Morgan fingerprint density at radius 2 is 1.03 bits per heavy atom. The summed E-state index contributed by atoms with van der Waals surface area (Å²) in [4.78, 5) is 22.2. The third-order valence-electron chi connectivity index (χ3n) is 5.09. The van der Waals surface area contributed by atoms with E-state index in [9.17, 15) is 9.59 Å². The SMILES string of the molecule is CC(=O)Oc1cc(C=Cc2ccccc2)cc(OC(C)=O)c1.Cc1ccc(Nc2ccc(C)cc2)cc1. The van der Waals surface area contributed by atoms with Crippen molar-refractivity contribution in [3.8, 4) is 11.5 Å². The van der Waals surface area contributed by atoms with Gasteiger partial charge in [0.15, 0.2) is 0 Å². The van der Waals surface area contributed by atoms with Gasteiger partial charge in [-0.2, -0.15) is 0 Å². The average Bonchev–Trinajstić information content (AvgIpc) is 2.86. The second-order valence-corrected chi connectivity index (χ2v) is 8.53. The summed E-state index contributed by atoms with van der Waals surface area (Å²) in [6, 6.07) is 31.5. The number of aryl methyl sites for hydroxylation is 2. The molecule has 0 fully saturated rings. The van der Waals surface area contributed by atoms with Gasteiger partial charge in [-0.1, -0.05) is 77.9 Å². The summed E-state index contributed by atoms with van der Waals surface area (Å²) in [5.74, 6) is -0.200. The number of esters is 2. The minimum atomic E-state index is -0.432. The van der Waals surface area contributed by atoms with Gasteiger partial charge in [-0.25, -0.2) is 0 Å². The summed E-state index contributed by atoms with van der Waals surface area (Å²) in [5.41, 5.74) is 6.62. The van der Waals surface area contributed by atoms with Crippen molar-refractivity contribution in [1.29, 1.82) is 0 Å². The molecule has 0 heterocycles. The van der Waals surface area contributed by atoms with Gasteiger partial charge in [-0.15, -0.1) is 0 Å². The first kappa shape index (κ1) is 27.0. The largest absolute Gasteiger partial charge is 0.427 e. The van der Waals surface area contributed by atoms with Crippen molar-refractivity contribution in [2.75, 3.05) is 5.32 Å². The zero-order chi connectivity index (χ0) is 26.6. The monoisotopic (exact) mass is 493 g/mol. The maximum absolute atomic E-state index is 11.1. The molecular formula is C32H31NO4. The smallest absolute Gasteiger partial charge is 0.308 e. The lowest BCUT2D eigenvalue weighted by Crippen LogP contribution is -2.04. The number of anilines is 2. The van der Waals surface area contributed by atoms with Crippen molar-refractivity contribution in [3.05, 3.63) is 119 Å². The number of benzene rings is 4. The standard InChI is InChI=1S/C18H16O4.C14H15N/c1-13(19)21-17-10-16(11-18(12-17)22-14(2)20)9-8-15-6-4-3-5-7-15;1-11-3-7-13(8-4-11)15-14-9-5-12(2)6-10-14/h3-12H,1-2H3;3-10,15H,1-2H3. The fourth-order valence-electron chi connectivity index (χ4n) is 3.34. The van der Waals surface area contributed by atoms with Gasteiger partial charge in [0, 0.05) is 31.3 Å². The molecule has 0 spiro atoms. The summed E-state index contributed by atoms with van der Waals surface area (Å²) in [5, 5.41) is 3.36. The molecule has 0 radical (unpaired) electrons. The van der Waals surface area contributed by atoms with Crippen molar-refractivity contribution in [3.63, 3.8) is 0 Å². The summed E-state index contributed by atoms with van der Waals surface area (Å²) < 4.78 is 10.1. The lowest BCUT2D eigenvalue weighted by molar-refractivity contribution is -0.132. The highest BCUT2D eigenvalue weighted by Crippen LogP contribution is 2.25. The van der Waals surface area contributed by atoms with Gasteiger partial charge >= 0.3 is 11.9 Å². The van der Waals surface area contributed by atoms with Crippen molar-refractivity contribution >= 4 is 35.5 Å². The summed E-state index contributed by atoms with van der Waals surface area (Å²) in [6.07, 6.45) is 3.78. The second kappa shape index (κ2) is 13.4. The number of rotatable bonds is 6. The van der Waals surface area contributed by atoms with E-state index in [-0.39, 0.29) is 0 Å². The van der Waals surface area contributed by atoms with Crippen LogP contribution in [0.25, 0.3) is 12.2 Å². The van der Waals surface area contributed by atoms with E-state index in [4.69, 9.17) is 9.47 Å². The highest BCUT2D eigenvalue weighted by Gasteiger charge is 2.06. The van der Waals surface area contributed by atoms with Crippen LogP contribution in [0, 0.1) is 13.8 Å². The predicted octanol–water partition coefficient (Wildman–Crippen LogP) is 7.75. The molecular weight excluding hydrogens is 462 g/mol. The molecule has 0 aliphatic rings. The van der Waals surface area contributed by atoms with Gasteiger partial charge in [0.05, 0.1) is 0 Å². The van der Waals surface area contributed by atoms with Gasteiger partial charge < -0.3 is 14.8 Å². The van der Waals surface area contributed by atoms with E-state index in [1.54, 1.807) is 12.1 Å². The Labute approximate surface area is 218 Å². The topological polar surface area (TPSA) is 64.6 Å². The average molecular weight is 494 g/mol.